The van der Waals surface area contributed by atoms with E-state index in [1.54, 1.807) is 0 Å². The molecule has 1 saturated heterocycles. The zero-order valence-corrected chi connectivity index (χ0v) is 18.1. The molecule has 1 aromatic carbocycles. The molecular weight excluding hydrogens is 366 g/mol. The third-order valence-electron chi connectivity index (χ3n) is 5.83. The number of hydrogen-bond donors (Lipinski definition) is 2. The van der Waals surface area contributed by atoms with E-state index in [0.717, 1.165) is 22.4 Å². The van der Waals surface area contributed by atoms with Gasteiger partial charge in [0.25, 0.3) is 0 Å². The van der Waals surface area contributed by atoms with Crippen LogP contribution in [-0.2, 0) is 9.53 Å². The van der Waals surface area contributed by atoms with Crippen LogP contribution in [0.25, 0.3) is 5.57 Å². The fourth-order valence-corrected chi connectivity index (χ4v) is 4.67. The van der Waals surface area contributed by atoms with Gasteiger partial charge in [-0.3, -0.25) is 4.79 Å². The van der Waals surface area contributed by atoms with E-state index in [1.807, 2.05) is 33.2 Å². The molecule has 5 heteroatoms. The molecule has 0 spiro atoms. The highest BCUT2D eigenvalue weighted by atomic mass is 16.5. The Hall–Kier alpha value is -2.11. The molecule has 29 heavy (non-hydrogen) atoms. The first-order valence-corrected chi connectivity index (χ1v) is 10.3. The second-order valence-corrected chi connectivity index (χ2v) is 9.55. The van der Waals surface area contributed by atoms with E-state index in [0.29, 0.717) is 19.3 Å². The van der Waals surface area contributed by atoms with E-state index in [9.17, 15) is 15.0 Å². The lowest BCUT2D eigenvalue weighted by molar-refractivity contribution is -0.156. The Morgan fingerprint density at radius 3 is 2.41 bits per heavy atom. The Kier molecular flexibility index (Phi) is 5.93. The highest BCUT2D eigenvalue weighted by Crippen LogP contribution is 2.48. The maximum atomic E-state index is 11.7. The number of aliphatic hydroxyl groups excluding tert-OH is 1. The lowest BCUT2D eigenvalue weighted by atomic mass is 9.65. The topological polar surface area (TPSA) is 70.0 Å². The number of hydrogen-bond acceptors (Lipinski definition) is 5. The van der Waals surface area contributed by atoms with Crippen LogP contribution in [0.15, 0.2) is 42.0 Å². The number of carbonyl (C=O) groups is 1. The molecule has 0 amide bonds. The van der Waals surface area contributed by atoms with Crippen LogP contribution in [0.3, 0.4) is 0 Å². The third-order valence-corrected chi connectivity index (χ3v) is 5.83. The molecule has 1 aliphatic carbocycles. The SMILES string of the molecule is CN(C)c1ccc(C2=C(/C=C/[C@H]3C[C@H](O)CC(=O)O3)C(C)(C)CC(C)(O)C2)cc1. The molecule has 1 fully saturated rings. The van der Waals surface area contributed by atoms with Crippen LogP contribution >= 0.6 is 0 Å². The van der Waals surface area contributed by atoms with E-state index in [1.165, 1.54) is 0 Å². The first-order chi connectivity index (χ1) is 13.5. The van der Waals surface area contributed by atoms with Crippen molar-refractivity contribution in [2.75, 3.05) is 19.0 Å². The molecular formula is C24H33NO4. The second-order valence-electron chi connectivity index (χ2n) is 9.55. The summed E-state index contributed by atoms with van der Waals surface area (Å²) in [5.41, 5.74) is 3.42. The van der Waals surface area contributed by atoms with Crippen molar-refractivity contribution in [3.05, 3.63) is 47.6 Å². The standard InChI is InChI=1S/C24H33NO4/c1-23(2)15-24(3,28)14-20(16-6-8-17(9-7-16)25(4)5)21(23)11-10-19-12-18(26)13-22(27)29-19/h6-11,18-19,26,28H,12-15H2,1-5H3/b11-10+/t18-,19-,24?/m0/s1. The molecule has 1 heterocycles. The molecule has 1 unspecified atom stereocenters. The molecule has 0 aromatic heterocycles. The average molecular weight is 400 g/mol. The van der Waals surface area contributed by atoms with Gasteiger partial charge in [-0.1, -0.05) is 32.1 Å². The van der Waals surface area contributed by atoms with Gasteiger partial charge in [-0.2, -0.15) is 0 Å². The summed E-state index contributed by atoms with van der Waals surface area (Å²) in [6.45, 7) is 6.16. The molecule has 0 saturated carbocycles. The Morgan fingerprint density at radius 1 is 1.17 bits per heavy atom. The summed E-state index contributed by atoms with van der Waals surface area (Å²) in [5.74, 6) is -0.363. The minimum absolute atomic E-state index is 0.0604. The number of esters is 1. The first-order valence-electron chi connectivity index (χ1n) is 10.3. The fraction of sp³-hybridized carbons (Fsp3) is 0.542. The number of nitrogens with zero attached hydrogens (tertiary/aromatic N) is 1. The number of cyclic esters (lactones) is 1. The van der Waals surface area contributed by atoms with Crippen LogP contribution in [0.4, 0.5) is 5.69 Å². The van der Waals surface area contributed by atoms with Crippen molar-refractivity contribution < 1.29 is 19.7 Å². The molecule has 1 aromatic rings. The predicted octanol–water partition coefficient (Wildman–Crippen LogP) is 3.70. The molecule has 1 aliphatic heterocycles. The van der Waals surface area contributed by atoms with Gasteiger partial charge in [-0.05, 0) is 53.7 Å². The smallest absolute Gasteiger partial charge is 0.309 e. The molecule has 0 bridgehead atoms. The van der Waals surface area contributed by atoms with Gasteiger partial charge in [-0.15, -0.1) is 0 Å². The van der Waals surface area contributed by atoms with Gasteiger partial charge in [0.05, 0.1) is 18.1 Å². The largest absolute Gasteiger partial charge is 0.458 e. The number of rotatable bonds is 4. The number of anilines is 1. The molecule has 2 N–H and O–H groups in total. The average Bonchev–Trinajstić information content (AvgIpc) is 2.58. The van der Waals surface area contributed by atoms with Crippen LogP contribution in [0.1, 0.15) is 52.0 Å². The fourth-order valence-electron chi connectivity index (χ4n) is 4.67. The summed E-state index contributed by atoms with van der Waals surface area (Å²) in [4.78, 5) is 13.7. The van der Waals surface area contributed by atoms with E-state index in [-0.39, 0.29) is 17.8 Å². The van der Waals surface area contributed by atoms with Crippen LogP contribution in [0.5, 0.6) is 0 Å². The van der Waals surface area contributed by atoms with Crippen molar-refractivity contribution in [3.63, 3.8) is 0 Å². The maximum absolute atomic E-state index is 11.7. The molecule has 0 radical (unpaired) electrons. The minimum atomic E-state index is -0.788. The van der Waals surface area contributed by atoms with Crippen LogP contribution < -0.4 is 4.90 Å². The van der Waals surface area contributed by atoms with E-state index >= 15 is 0 Å². The predicted molar refractivity (Wildman–Crippen MR) is 116 cm³/mol. The normalized spacial score (nSPS) is 29.8. The Bertz CT molecular complexity index is 818. The zero-order chi connectivity index (χ0) is 21.4. The van der Waals surface area contributed by atoms with Gasteiger partial charge in [0, 0.05) is 32.6 Å². The Morgan fingerprint density at radius 2 is 1.83 bits per heavy atom. The number of allylic oxidation sites excluding steroid dienone is 2. The van der Waals surface area contributed by atoms with Gasteiger partial charge < -0.3 is 19.8 Å². The van der Waals surface area contributed by atoms with E-state index in [4.69, 9.17) is 4.74 Å². The first kappa shape index (κ1) is 21.6. The summed E-state index contributed by atoms with van der Waals surface area (Å²) in [6, 6.07) is 8.36. The number of aliphatic hydroxyl groups is 2. The van der Waals surface area contributed by atoms with Crippen LogP contribution in [-0.4, -0.2) is 48.1 Å². The van der Waals surface area contributed by atoms with Gasteiger partial charge in [0.2, 0.25) is 0 Å². The quantitative estimate of drug-likeness (QED) is 0.756. The second kappa shape index (κ2) is 7.96. The van der Waals surface area contributed by atoms with Gasteiger partial charge in [0.1, 0.15) is 6.10 Å². The summed E-state index contributed by atoms with van der Waals surface area (Å²) < 4.78 is 5.38. The van der Waals surface area contributed by atoms with Crippen LogP contribution in [0.2, 0.25) is 0 Å². The Labute approximate surface area is 173 Å². The van der Waals surface area contributed by atoms with Crippen molar-refractivity contribution in [2.45, 2.75) is 64.3 Å². The minimum Gasteiger partial charge on any atom is -0.458 e. The van der Waals surface area contributed by atoms with Gasteiger partial charge >= 0.3 is 5.97 Å². The highest BCUT2D eigenvalue weighted by Gasteiger charge is 2.40. The summed E-state index contributed by atoms with van der Waals surface area (Å²) in [7, 11) is 4.02. The van der Waals surface area contributed by atoms with Crippen molar-refractivity contribution in [3.8, 4) is 0 Å². The number of benzene rings is 1. The van der Waals surface area contributed by atoms with E-state index < -0.39 is 17.8 Å². The van der Waals surface area contributed by atoms with Crippen molar-refractivity contribution in [1.82, 2.24) is 0 Å². The monoisotopic (exact) mass is 399 g/mol. The third kappa shape index (κ3) is 5.09. The maximum Gasteiger partial charge on any atom is 0.309 e. The van der Waals surface area contributed by atoms with Gasteiger partial charge in [-0.25, -0.2) is 0 Å². The van der Waals surface area contributed by atoms with Gasteiger partial charge in [0.15, 0.2) is 0 Å². The molecule has 3 atom stereocenters. The zero-order valence-electron chi connectivity index (χ0n) is 18.1. The molecule has 158 valence electrons. The molecule has 5 nitrogen and oxygen atoms in total. The van der Waals surface area contributed by atoms with Crippen LogP contribution in [0, 0.1) is 5.41 Å². The Balaban J connectivity index is 2.00. The molecule has 2 aliphatic rings. The summed E-state index contributed by atoms with van der Waals surface area (Å²) in [5, 5.41) is 20.8. The van der Waals surface area contributed by atoms with E-state index in [2.05, 4.69) is 43.0 Å². The summed E-state index contributed by atoms with van der Waals surface area (Å²) >= 11 is 0. The lowest BCUT2D eigenvalue weighted by Gasteiger charge is -2.42. The highest BCUT2D eigenvalue weighted by molar-refractivity contribution is 5.75. The molecule has 3 rings (SSSR count). The van der Waals surface area contributed by atoms with Crippen molar-refractivity contribution in [1.29, 1.82) is 0 Å². The van der Waals surface area contributed by atoms with Crippen molar-refractivity contribution >= 4 is 17.2 Å². The summed E-state index contributed by atoms with van der Waals surface area (Å²) in [6.07, 6.45) is 4.51. The number of ether oxygens (including phenoxy) is 1. The lowest BCUT2D eigenvalue weighted by Crippen LogP contribution is -2.37. The van der Waals surface area contributed by atoms with Crippen molar-refractivity contribution in [2.24, 2.45) is 5.41 Å². The number of carbonyl (C=O) groups excluding carboxylic acids is 1.